The summed E-state index contributed by atoms with van der Waals surface area (Å²) in [5.74, 6) is -0.321. The van der Waals surface area contributed by atoms with Crippen molar-refractivity contribution >= 4 is 11.6 Å². The van der Waals surface area contributed by atoms with E-state index >= 15 is 0 Å². The molecule has 0 amide bonds. The zero-order valence-corrected chi connectivity index (χ0v) is 10.7. The molecule has 0 aliphatic rings. The Balaban J connectivity index is 1.89. The van der Waals surface area contributed by atoms with E-state index in [9.17, 15) is 4.39 Å². The number of hydrogen-bond donors (Lipinski definition) is 1. The lowest BCUT2D eigenvalue weighted by Gasteiger charge is -2.15. The molecule has 2 rings (SSSR count). The summed E-state index contributed by atoms with van der Waals surface area (Å²) in [5.41, 5.74) is 0.886. The van der Waals surface area contributed by atoms with Gasteiger partial charge in [-0.2, -0.15) is 0 Å². The summed E-state index contributed by atoms with van der Waals surface area (Å²) >= 11 is 6.00. The number of hydrogen-bond acceptors (Lipinski definition) is 3. The molecule has 1 heterocycles. The van der Waals surface area contributed by atoms with Crippen LogP contribution in [0.5, 0.6) is 0 Å². The average Bonchev–Trinajstić information content (AvgIpc) is 2.81. The van der Waals surface area contributed by atoms with Gasteiger partial charge in [0.1, 0.15) is 5.82 Å². The van der Waals surface area contributed by atoms with Gasteiger partial charge in [0.15, 0.2) is 0 Å². The van der Waals surface area contributed by atoms with Crippen LogP contribution in [0.3, 0.4) is 0 Å². The Hall–Kier alpha value is -1.46. The molecule has 1 aromatic heterocycles. The maximum Gasteiger partial charge on any atom is 0.124 e. The fourth-order valence-corrected chi connectivity index (χ4v) is 2.04. The Morgan fingerprint density at radius 3 is 3.00 bits per heavy atom. The van der Waals surface area contributed by atoms with Crippen molar-refractivity contribution in [2.24, 2.45) is 0 Å². The van der Waals surface area contributed by atoms with Gasteiger partial charge in [-0.1, -0.05) is 22.9 Å². The molecule has 1 aromatic carbocycles. The van der Waals surface area contributed by atoms with E-state index in [4.69, 9.17) is 11.6 Å². The molecule has 1 N–H and O–H groups in total. The number of aromatic nitrogens is 3. The van der Waals surface area contributed by atoms with Gasteiger partial charge in [-0.05, 0) is 24.6 Å². The van der Waals surface area contributed by atoms with Crippen LogP contribution in [-0.4, -0.2) is 21.5 Å². The maximum atomic E-state index is 12.9. The minimum atomic E-state index is -0.321. The Morgan fingerprint density at radius 2 is 2.33 bits per heavy atom. The first-order valence-corrected chi connectivity index (χ1v) is 6.07. The third kappa shape index (κ3) is 3.27. The van der Waals surface area contributed by atoms with E-state index in [-0.39, 0.29) is 11.9 Å². The summed E-state index contributed by atoms with van der Waals surface area (Å²) in [5, 5.41) is 11.3. The zero-order valence-electron chi connectivity index (χ0n) is 9.98. The number of halogens is 2. The fourth-order valence-electron chi connectivity index (χ4n) is 1.71. The molecular formula is C12H14ClFN4. The van der Waals surface area contributed by atoms with E-state index in [0.29, 0.717) is 5.02 Å². The first kappa shape index (κ1) is 13.0. The fraction of sp³-hybridized carbons (Fsp3) is 0.333. The van der Waals surface area contributed by atoms with Gasteiger partial charge in [-0.15, -0.1) is 5.10 Å². The lowest BCUT2D eigenvalue weighted by molar-refractivity contribution is 0.498. The molecule has 0 fully saturated rings. The van der Waals surface area contributed by atoms with Gasteiger partial charge in [0.2, 0.25) is 0 Å². The van der Waals surface area contributed by atoms with E-state index in [1.54, 1.807) is 23.1 Å². The largest absolute Gasteiger partial charge is 0.308 e. The molecular weight excluding hydrogens is 255 g/mol. The highest BCUT2D eigenvalue weighted by Crippen LogP contribution is 2.23. The molecule has 0 aliphatic heterocycles. The molecule has 6 heteroatoms. The van der Waals surface area contributed by atoms with Crippen LogP contribution < -0.4 is 5.32 Å². The highest BCUT2D eigenvalue weighted by Gasteiger charge is 2.09. The second kappa shape index (κ2) is 5.93. The molecule has 0 saturated heterocycles. The first-order valence-electron chi connectivity index (χ1n) is 5.69. The third-order valence-corrected chi connectivity index (χ3v) is 3.02. The molecule has 18 heavy (non-hydrogen) atoms. The van der Waals surface area contributed by atoms with Crippen LogP contribution in [0.2, 0.25) is 5.02 Å². The predicted octanol–water partition coefficient (Wildman–Crippen LogP) is 2.42. The van der Waals surface area contributed by atoms with Crippen LogP contribution in [0.25, 0.3) is 0 Å². The SMILES string of the molecule is CC(NCCn1ccnn1)c1ccc(F)cc1Cl. The van der Waals surface area contributed by atoms with Gasteiger partial charge in [0, 0.05) is 23.8 Å². The molecule has 0 bridgehead atoms. The Bertz CT molecular complexity index is 501. The molecule has 0 spiro atoms. The second-order valence-corrected chi connectivity index (χ2v) is 4.41. The van der Waals surface area contributed by atoms with Gasteiger partial charge < -0.3 is 5.32 Å². The summed E-state index contributed by atoms with van der Waals surface area (Å²) in [6.45, 7) is 3.45. The topological polar surface area (TPSA) is 42.7 Å². The van der Waals surface area contributed by atoms with Crippen molar-refractivity contribution in [2.45, 2.75) is 19.5 Å². The van der Waals surface area contributed by atoms with Crippen molar-refractivity contribution in [3.63, 3.8) is 0 Å². The van der Waals surface area contributed by atoms with E-state index in [1.165, 1.54) is 12.1 Å². The normalized spacial score (nSPS) is 12.6. The summed E-state index contributed by atoms with van der Waals surface area (Å²) < 4.78 is 14.7. The van der Waals surface area contributed by atoms with Crippen molar-refractivity contribution in [3.05, 3.63) is 47.0 Å². The van der Waals surface area contributed by atoms with E-state index in [0.717, 1.165) is 18.7 Å². The van der Waals surface area contributed by atoms with Gasteiger partial charge in [-0.25, -0.2) is 4.39 Å². The number of rotatable bonds is 5. The first-order chi connectivity index (χ1) is 8.66. The lowest BCUT2D eigenvalue weighted by Crippen LogP contribution is -2.23. The van der Waals surface area contributed by atoms with E-state index in [2.05, 4.69) is 15.6 Å². The Morgan fingerprint density at radius 1 is 1.50 bits per heavy atom. The molecule has 0 aliphatic carbocycles. The van der Waals surface area contributed by atoms with E-state index in [1.807, 2.05) is 6.92 Å². The van der Waals surface area contributed by atoms with Crippen LogP contribution >= 0.6 is 11.6 Å². The summed E-state index contributed by atoms with van der Waals surface area (Å²) in [6.07, 6.45) is 3.44. The second-order valence-electron chi connectivity index (χ2n) is 4.01. The summed E-state index contributed by atoms with van der Waals surface area (Å²) in [4.78, 5) is 0. The van der Waals surface area contributed by atoms with Gasteiger partial charge in [0.25, 0.3) is 0 Å². The quantitative estimate of drug-likeness (QED) is 0.906. The number of benzene rings is 1. The van der Waals surface area contributed by atoms with Crippen molar-refractivity contribution in [2.75, 3.05) is 6.54 Å². The standard InChI is InChI=1S/C12H14ClFN4/c1-9(11-3-2-10(14)8-12(11)13)15-4-6-18-7-5-16-17-18/h2-3,5,7-9,15H,4,6H2,1H3. The molecule has 0 saturated carbocycles. The minimum absolute atomic E-state index is 0.0571. The van der Waals surface area contributed by atoms with Gasteiger partial charge in [-0.3, -0.25) is 4.68 Å². The molecule has 2 aromatic rings. The van der Waals surface area contributed by atoms with Crippen molar-refractivity contribution in [3.8, 4) is 0 Å². The summed E-state index contributed by atoms with van der Waals surface area (Å²) in [6, 6.07) is 4.50. The van der Waals surface area contributed by atoms with Gasteiger partial charge in [0.05, 0.1) is 12.7 Å². The van der Waals surface area contributed by atoms with Crippen LogP contribution in [-0.2, 0) is 6.54 Å². The molecule has 4 nitrogen and oxygen atoms in total. The van der Waals surface area contributed by atoms with E-state index < -0.39 is 0 Å². The Labute approximate surface area is 110 Å². The lowest BCUT2D eigenvalue weighted by atomic mass is 10.1. The number of nitrogens with zero attached hydrogens (tertiary/aromatic N) is 3. The monoisotopic (exact) mass is 268 g/mol. The summed E-state index contributed by atoms with van der Waals surface area (Å²) in [7, 11) is 0. The highest BCUT2D eigenvalue weighted by atomic mass is 35.5. The van der Waals surface area contributed by atoms with Gasteiger partial charge >= 0.3 is 0 Å². The molecule has 0 radical (unpaired) electrons. The highest BCUT2D eigenvalue weighted by molar-refractivity contribution is 6.31. The number of nitrogens with one attached hydrogen (secondary N) is 1. The molecule has 1 unspecified atom stereocenters. The zero-order chi connectivity index (χ0) is 13.0. The van der Waals surface area contributed by atoms with Crippen molar-refractivity contribution in [1.82, 2.24) is 20.3 Å². The minimum Gasteiger partial charge on any atom is -0.308 e. The van der Waals surface area contributed by atoms with Crippen LogP contribution in [0.4, 0.5) is 4.39 Å². The smallest absolute Gasteiger partial charge is 0.124 e. The van der Waals surface area contributed by atoms with Crippen LogP contribution in [0.1, 0.15) is 18.5 Å². The Kier molecular flexibility index (Phi) is 4.28. The van der Waals surface area contributed by atoms with Crippen molar-refractivity contribution in [1.29, 1.82) is 0 Å². The maximum absolute atomic E-state index is 12.9. The van der Waals surface area contributed by atoms with Crippen LogP contribution in [0, 0.1) is 5.82 Å². The molecule has 1 atom stereocenters. The van der Waals surface area contributed by atoms with Crippen LogP contribution in [0.15, 0.2) is 30.6 Å². The third-order valence-electron chi connectivity index (χ3n) is 2.69. The predicted molar refractivity (Wildman–Crippen MR) is 67.8 cm³/mol. The molecule has 96 valence electrons. The van der Waals surface area contributed by atoms with Crippen molar-refractivity contribution < 1.29 is 4.39 Å². The average molecular weight is 269 g/mol.